The maximum absolute atomic E-state index is 12.8. The van der Waals surface area contributed by atoms with Crippen LogP contribution in [-0.2, 0) is 17.8 Å². The first-order valence-corrected chi connectivity index (χ1v) is 9.94. The molecule has 0 aliphatic carbocycles. The highest BCUT2D eigenvalue weighted by molar-refractivity contribution is 6.31. The van der Waals surface area contributed by atoms with Crippen LogP contribution in [0.2, 0.25) is 5.02 Å². The molecule has 0 unspecified atom stereocenters. The van der Waals surface area contributed by atoms with E-state index in [1.807, 2.05) is 0 Å². The molecule has 1 aliphatic rings. The third-order valence-corrected chi connectivity index (χ3v) is 5.27. The summed E-state index contributed by atoms with van der Waals surface area (Å²) in [6.07, 6.45) is 0.319. The summed E-state index contributed by atoms with van der Waals surface area (Å²) in [5.74, 6) is 0.459. The number of nitrogens with zero attached hydrogens (tertiary/aromatic N) is 5. The van der Waals surface area contributed by atoms with Gasteiger partial charge in [-0.3, -0.25) is 14.2 Å². The van der Waals surface area contributed by atoms with Crippen molar-refractivity contribution in [2.75, 3.05) is 18.6 Å². The third kappa shape index (κ3) is 3.61. The van der Waals surface area contributed by atoms with Crippen LogP contribution in [0.25, 0.3) is 11.0 Å². The van der Waals surface area contributed by atoms with Gasteiger partial charge in [-0.25, -0.2) is 4.98 Å². The first-order chi connectivity index (χ1) is 15.4. The lowest BCUT2D eigenvalue weighted by Gasteiger charge is -2.24. The van der Waals surface area contributed by atoms with Gasteiger partial charge in [-0.1, -0.05) is 16.8 Å². The van der Waals surface area contributed by atoms with Gasteiger partial charge in [0, 0.05) is 23.9 Å². The summed E-state index contributed by atoms with van der Waals surface area (Å²) >= 11 is 5.98. The molecule has 1 amide bonds. The zero-order valence-corrected chi connectivity index (χ0v) is 17.4. The highest BCUT2D eigenvalue weighted by atomic mass is 35.5. The largest absolute Gasteiger partial charge is 0.466 e. The van der Waals surface area contributed by atoms with Crippen molar-refractivity contribution in [1.82, 2.24) is 19.7 Å². The predicted molar refractivity (Wildman–Crippen MR) is 111 cm³/mol. The molecule has 32 heavy (non-hydrogen) atoms. The number of furan rings is 1. The summed E-state index contributed by atoms with van der Waals surface area (Å²) < 4.78 is 17.3. The lowest BCUT2D eigenvalue weighted by atomic mass is 10.2. The molecular weight excluding hydrogens is 442 g/mol. The molecule has 0 saturated heterocycles. The second-order valence-corrected chi connectivity index (χ2v) is 7.66. The van der Waals surface area contributed by atoms with E-state index in [2.05, 4.69) is 15.1 Å². The number of likely N-dealkylation sites (N-methyl/N-ethyl adjacent to an activating group) is 1. The van der Waals surface area contributed by atoms with Crippen molar-refractivity contribution in [3.63, 3.8) is 0 Å². The predicted octanol–water partition coefficient (Wildman–Crippen LogP) is 1.71. The molecule has 5 rings (SSSR count). The van der Waals surface area contributed by atoms with E-state index in [4.69, 9.17) is 25.3 Å². The van der Waals surface area contributed by atoms with Gasteiger partial charge in [-0.2, -0.15) is 4.98 Å². The van der Waals surface area contributed by atoms with Crippen LogP contribution in [0.5, 0.6) is 5.88 Å². The van der Waals surface area contributed by atoms with Gasteiger partial charge < -0.3 is 23.7 Å². The Kier molecular flexibility index (Phi) is 4.91. The van der Waals surface area contributed by atoms with Crippen LogP contribution in [0.3, 0.4) is 0 Å². The standard InChI is InChI=1S/C20H16ClN5O6/c1-25-17(28)8-30-19-18(25)20(29)26(9-22-19)7-16-23-15(24-32-16)6-12(27)14-5-10-4-11(21)2-3-13(10)31-14/h2-5,9,12,27H,6-8H2,1H3/t12-/m0/s1. The van der Waals surface area contributed by atoms with Crippen LogP contribution in [-0.4, -0.2) is 44.4 Å². The molecule has 0 saturated carbocycles. The molecule has 4 heterocycles. The van der Waals surface area contributed by atoms with Crippen LogP contribution in [0.15, 0.2) is 44.3 Å². The Balaban J connectivity index is 1.33. The van der Waals surface area contributed by atoms with E-state index >= 15 is 0 Å². The molecule has 1 atom stereocenters. The Morgan fingerprint density at radius 1 is 1.28 bits per heavy atom. The number of rotatable bonds is 5. The first kappa shape index (κ1) is 20.2. The lowest BCUT2D eigenvalue weighted by molar-refractivity contribution is -0.121. The Labute approximate surface area is 184 Å². The molecule has 1 aromatic carbocycles. The Bertz CT molecular complexity index is 1390. The molecule has 4 aromatic rings. The fourth-order valence-corrected chi connectivity index (χ4v) is 3.56. The fourth-order valence-electron chi connectivity index (χ4n) is 3.38. The Hall–Kier alpha value is -3.70. The second kappa shape index (κ2) is 7.77. The molecule has 1 aliphatic heterocycles. The zero-order valence-electron chi connectivity index (χ0n) is 16.7. The highest BCUT2D eigenvalue weighted by Gasteiger charge is 2.28. The quantitative estimate of drug-likeness (QED) is 0.474. The number of anilines is 1. The van der Waals surface area contributed by atoms with E-state index in [1.54, 1.807) is 24.3 Å². The topological polar surface area (TPSA) is 137 Å². The van der Waals surface area contributed by atoms with Crippen molar-refractivity contribution in [1.29, 1.82) is 0 Å². The Morgan fingerprint density at radius 3 is 2.97 bits per heavy atom. The van der Waals surface area contributed by atoms with Gasteiger partial charge in [0.1, 0.15) is 30.3 Å². The van der Waals surface area contributed by atoms with Crippen molar-refractivity contribution in [2.45, 2.75) is 19.1 Å². The third-order valence-electron chi connectivity index (χ3n) is 5.04. The van der Waals surface area contributed by atoms with E-state index < -0.39 is 11.7 Å². The van der Waals surface area contributed by atoms with Crippen LogP contribution in [0.1, 0.15) is 23.6 Å². The number of aliphatic hydroxyl groups is 1. The smallest absolute Gasteiger partial charge is 0.281 e. The lowest BCUT2D eigenvalue weighted by Crippen LogP contribution is -2.41. The van der Waals surface area contributed by atoms with Gasteiger partial charge in [-0.05, 0) is 24.3 Å². The van der Waals surface area contributed by atoms with E-state index in [1.165, 1.54) is 22.8 Å². The number of amides is 1. The number of benzene rings is 1. The Morgan fingerprint density at radius 2 is 2.12 bits per heavy atom. The molecule has 12 heteroatoms. The first-order valence-electron chi connectivity index (χ1n) is 9.56. The van der Waals surface area contributed by atoms with Gasteiger partial charge in [0.25, 0.3) is 11.5 Å². The van der Waals surface area contributed by atoms with Crippen LogP contribution in [0, 0.1) is 0 Å². The number of aliphatic hydroxyl groups excluding tert-OH is 1. The van der Waals surface area contributed by atoms with Gasteiger partial charge in [0.05, 0.1) is 0 Å². The number of fused-ring (bicyclic) bond motifs is 2. The van der Waals surface area contributed by atoms with Crippen molar-refractivity contribution < 1.29 is 23.6 Å². The van der Waals surface area contributed by atoms with Gasteiger partial charge in [-0.15, -0.1) is 0 Å². The maximum Gasteiger partial charge on any atom is 0.281 e. The van der Waals surface area contributed by atoms with Crippen LogP contribution < -0.4 is 15.2 Å². The van der Waals surface area contributed by atoms with Crippen molar-refractivity contribution in [2.24, 2.45) is 0 Å². The molecule has 0 bridgehead atoms. The van der Waals surface area contributed by atoms with Crippen molar-refractivity contribution in [3.05, 3.63) is 63.4 Å². The van der Waals surface area contributed by atoms with Crippen LogP contribution in [0.4, 0.5) is 5.69 Å². The monoisotopic (exact) mass is 457 g/mol. The molecule has 11 nitrogen and oxygen atoms in total. The maximum atomic E-state index is 12.8. The molecule has 1 N–H and O–H groups in total. The van der Waals surface area contributed by atoms with E-state index in [0.717, 1.165) is 5.39 Å². The molecule has 0 spiro atoms. The summed E-state index contributed by atoms with van der Waals surface area (Å²) in [6, 6.07) is 6.86. The molecule has 0 fully saturated rings. The normalized spacial score (nSPS) is 14.5. The van der Waals surface area contributed by atoms with E-state index in [0.29, 0.717) is 16.4 Å². The van der Waals surface area contributed by atoms with E-state index in [-0.39, 0.29) is 48.8 Å². The zero-order chi connectivity index (χ0) is 22.4. The minimum Gasteiger partial charge on any atom is -0.466 e. The second-order valence-electron chi connectivity index (χ2n) is 7.23. The van der Waals surface area contributed by atoms with Crippen LogP contribution >= 0.6 is 11.6 Å². The number of hydrogen-bond donors (Lipinski definition) is 1. The number of hydrogen-bond acceptors (Lipinski definition) is 9. The van der Waals surface area contributed by atoms with Gasteiger partial charge in [0.2, 0.25) is 11.8 Å². The number of carbonyl (C=O) groups is 1. The number of halogens is 1. The SMILES string of the molecule is CN1C(=O)COc2ncn(Cc3nc(C[C@H](O)c4cc5cc(Cl)ccc5o4)no3)c(=O)c21. The fraction of sp³-hybridized carbons (Fsp3) is 0.250. The summed E-state index contributed by atoms with van der Waals surface area (Å²) in [6.45, 7) is -0.235. The summed E-state index contributed by atoms with van der Waals surface area (Å²) in [5.41, 5.74) is 0.166. The average Bonchev–Trinajstić information content (AvgIpc) is 3.39. The van der Waals surface area contributed by atoms with Crippen molar-refractivity contribution >= 4 is 34.2 Å². The van der Waals surface area contributed by atoms with Gasteiger partial charge >= 0.3 is 0 Å². The molecular formula is C20H16ClN5O6. The molecule has 164 valence electrons. The average molecular weight is 458 g/mol. The summed E-state index contributed by atoms with van der Waals surface area (Å²) in [4.78, 5) is 34.1. The summed E-state index contributed by atoms with van der Waals surface area (Å²) in [5, 5.41) is 15.7. The highest BCUT2D eigenvalue weighted by Crippen LogP contribution is 2.28. The molecule has 0 radical (unpaired) electrons. The van der Waals surface area contributed by atoms with Gasteiger partial charge in [0.15, 0.2) is 18.1 Å². The van der Waals surface area contributed by atoms with E-state index in [9.17, 15) is 14.7 Å². The number of aromatic nitrogens is 4. The minimum atomic E-state index is -1.00. The number of ether oxygens (including phenoxy) is 1. The number of carbonyl (C=O) groups excluding carboxylic acids is 1. The molecule has 3 aromatic heterocycles. The van der Waals surface area contributed by atoms with Crippen molar-refractivity contribution in [3.8, 4) is 5.88 Å². The minimum absolute atomic E-state index is 0.0411. The summed E-state index contributed by atoms with van der Waals surface area (Å²) in [7, 11) is 1.48.